The summed E-state index contributed by atoms with van der Waals surface area (Å²) in [6.07, 6.45) is 3.95. The normalized spacial score (nSPS) is 12.2. The molecule has 0 saturated heterocycles. The van der Waals surface area contributed by atoms with Crippen LogP contribution in [0.1, 0.15) is 5.56 Å². The third kappa shape index (κ3) is 2.81. The van der Waals surface area contributed by atoms with Crippen molar-refractivity contribution in [1.29, 1.82) is 0 Å². The third-order valence-corrected chi connectivity index (χ3v) is 1.94. The average Bonchev–Trinajstić information content (AvgIpc) is 2.18. The summed E-state index contributed by atoms with van der Waals surface area (Å²) in [5, 5.41) is 0. The number of amides is 1. The minimum absolute atomic E-state index is 0.0612. The number of rotatable bonds is 3. The van der Waals surface area contributed by atoms with Gasteiger partial charge in [-0.2, -0.15) is 0 Å². The van der Waals surface area contributed by atoms with E-state index in [9.17, 15) is 4.79 Å². The predicted molar refractivity (Wildman–Crippen MR) is 54.6 cm³/mol. The highest BCUT2D eigenvalue weighted by atomic mass is 16.2. The number of pyridine rings is 1. The molecule has 14 heavy (non-hydrogen) atoms. The molecule has 0 fully saturated rings. The van der Waals surface area contributed by atoms with Gasteiger partial charge in [0, 0.05) is 26.5 Å². The summed E-state index contributed by atoms with van der Waals surface area (Å²) in [4.78, 5) is 16.9. The molecule has 76 valence electrons. The SMILES string of the molecule is CN(C)C(=O)[C@@H](N)Cc1cccnc1. The number of nitrogens with two attached hydrogens (primary N) is 1. The fraction of sp³-hybridized carbons (Fsp3) is 0.400. The van der Waals surface area contributed by atoms with Crippen LogP contribution in [0.15, 0.2) is 24.5 Å². The topological polar surface area (TPSA) is 59.2 Å². The molecule has 0 aliphatic carbocycles. The first-order chi connectivity index (χ1) is 6.61. The first-order valence-electron chi connectivity index (χ1n) is 4.47. The van der Waals surface area contributed by atoms with Crippen molar-refractivity contribution in [3.05, 3.63) is 30.1 Å². The van der Waals surface area contributed by atoms with Gasteiger partial charge in [-0.05, 0) is 18.1 Å². The maximum atomic E-state index is 11.4. The fourth-order valence-corrected chi connectivity index (χ4v) is 1.19. The Balaban J connectivity index is 2.57. The Bertz CT molecular complexity index is 297. The van der Waals surface area contributed by atoms with E-state index < -0.39 is 6.04 Å². The van der Waals surface area contributed by atoms with Crippen LogP contribution in [-0.4, -0.2) is 35.9 Å². The van der Waals surface area contributed by atoms with Crippen molar-refractivity contribution in [3.63, 3.8) is 0 Å². The molecular formula is C10H15N3O. The van der Waals surface area contributed by atoms with Gasteiger partial charge < -0.3 is 10.6 Å². The highest BCUT2D eigenvalue weighted by Gasteiger charge is 2.15. The molecule has 1 atom stereocenters. The van der Waals surface area contributed by atoms with Crippen molar-refractivity contribution in [1.82, 2.24) is 9.88 Å². The molecule has 1 amide bonds. The summed E-state index contributed by atoms with van der Waals surface area (Å²) < 4.78 is 0. The Labute approximate surface area is 83.7 Å². The molecule has 1 rings (SSSR count). The summed E-state index contributed by atoms with van der Waals surface area (Å²) >= 11 is 0. The van der Waals surface area contributed by atoms with Crippen LogP contribution in [-0.2, 0) is 11.2 Å². The zero-order chi connectivity index (χ0) is 10.6. The predicted octanol–water partition coefficient (Wildman–Crippen LogP) is 0.0396. The van der Waals surface area contributed by atoms with E-state index in [4.69, 9.17) is 5.73 Å². The van der Waals surface area contributed by atoms with E-state index in [-0.39, 0.29) is 5.91 Å². The second-order valence-corrected chi connectivity index (χ2v) is 3.40. The number of hydrogen-bond acceptors (Lipinski definition) is 3. The van der Waals surface area contributed by atoms with Gasteiger partial charge in [0.25, 0.3) is 0 Å². The van der Waals surface area contributed by atoms with Crippen LogP contribution >= 0.6 is 0 Å². The number of nitrogens with zero attached hydrogens (tertiary/aromatic N) is 2. The Kier molecular flexibility index (Phi) is 3.59. The molecule has 0 radical (unpaired) electrons. The molecule has 0 bridgehead atoms. The molecule has 2 N–H and O–H groups in total. The fourth-order valence-electron chi connectivity index (χ4n) is 1.19. The summed E-state index contributed by atoms with van der Waals surface area (Å²) in [6, 6.07) is 3.27. The minimum Gasteiger partial charge on any atom is -0.347 e. The van der Waals surface area contributed by atoms with Crippen LogP contribution in [0.3, 0.4) is 0 Å². The first kappa shape index (κ1) is 10.7. The third-order valence-electron chi connectivity index (χ3n) is 1.94. The van der Waals surface area contributed by atoms with Gasteiger partial charge in [-0.25, -0.2) is 0 Å². The summed E-state index contributed by atoms with van der Waals surface area (Å²) in [6.45, 7) is 0. The molecular weight excluding hydrogens is 178 g/mol. The van der Waals surface area contributed by atoms with Crippen molar-refractivity contribution in [2.24, 2.45) is 5.73 Å². The van der Waals surface area contributed by atoms with Crippen molar-refractivity contribution in [3.8, 4) is 0 Å². The molecule has 1 heterocycles. The summed E-state index contributed by atoms with van der Waals surface area (Å²) in [7, 11) is 3.40. The maximum Gasteiger partial charge on any atom is 0.239 e. The van der Waals surface area contributed by atoms with Crippen LogP contribution < -0.4 is 5.73 Å². The zero-order valence-electron chi connectivity index (χ0n) is 8.47. The second kappa shape index (κ2) is 4.72. The monoisotopic (exact) mass is 193 g/mol. The molecule has 0 spiro atoms. The van der Waals surface area contributed by atoms with E-state index in [0.717, 1.165) is 5.56 Å². The van der Waals surface area contributed by atoms with E-state index >= 15 is 0 Å². The van der Waals surface area contributed by atoms with Crippen molar-refractivity contribution < 1.29 is 4.79 Å². The average molecular weight is 193 g/mol. The van der Waals surface area contributed by atoms with Gasteiger partial charge >= 0.3 is 0 Å². The standard InChI is InChI=1S/C10H15N3O/c1-13(2)10(14)9(11)6-8-4-3-5-12-7-8/h3-5,7,9H,6,11H2,1-2H3/t9-/m0/s1. The molecule has 0 unspecified atom stereocenters. The van der Waals surface area contributed by atoms with Crippen molar-refractivity contribution >= 4 is 5.91 Å². The Hall–Kier alpha value is -1.42. The lowest BCUT2D eigenvalue weighted by Crippen LogP contribution is -2.41. The first-order valence-corrected chi connectivity index (χ1v) is 4.47. The second-order valence-electron chi connectivity index (χ2n) is 3.40. The van der Waals surface area contributed by atoms with E-state index in [1.807, 2.05) is 12.1 Å². The van der Waals surface area contributed by atoms with Gasteiger partial charge in [-0.3, -0.25) is 9.78 Å². The van der Waals surface area contributed by atoms with E-state index in [0.29, 0.717) is 6.42 Å². The maximum absolute atomic E-state index is 11.4. The van der Waals surface area contributed by atoms with Gasteiger partial charge in [0.1, 0.15) is 0 Å². The minimum atomic E-state index is -0.478. The number of carbonyl (C=O) groups excluding carboxylic acids is 1. The van der Waals surface area contributed by atoms with Gasteiger partial charge in [-0.15, -0.1) is 0 Å². The number of hydrogen-bond donors (Lipinski definition) is 1. The lowest BCUT2D eigenvalue weighted by atomic mass is 10.1. The highest BCUT2D eigenvalue weighted by molar-refractivity contribution is 5.81. The van der Waals surface area contributed by atoms with Gasteiger partial charge in [0.05, 0.1) is 6.04 Å². The van der Waals surface area contributed by atoms with Crippen LogP contribution in [0, 0.1) is 0 Å². The van der Waals surface area contributed by atoms with Crippen LogP contribution in [0.25, 0.3) is 0 Å². The number of carbonyl (C=O) groups is 1. The molecule has 0 saturated carbocycles. The lowest BCUT2D eigenvalue weighted by Gasteiger charge is -2.16. The quantitative estimate of drug-likeness (QED) is 0.737. The van der Waals surface area contributed by atoms with Gasteiger partial charge in [0.2, 0.25) is 5.91 Å². The van der Waals surface area contributed by atoms with Gasteiger partial charge in [0.15, 0.2) is 0 Å². The summed E-state index contributed by atoms with van der Waals surface area (Å²) in [5.41, 5.74) is 6.71. The molecule has 4 heteroatoms. The van der Waals surface area contributed by atoms with Crippen LogP contribution in [0.5, 0.6) is 0 Å². The van der Waals surface area contributed by atoms with Crippen molar-refractivity contribution in [2.75, 3.05) is 14.1 Å². The molecule has 0 aromatic carbocycles. The van der Waals surface area contributed by atoms with Crippen molar-refractivity contribution in [2.45, 2.75) is 12.5 Å². The lowest BCUT2D eigenvalue weighted by molar-refractivity contribution is -0.130. The Morgan fingerprint density at radius 1 is 1.64 bits per heavy atom. The van der Waals surface area contributed by atoms with Gasteiger partial charge in [-0.1, -0.05) is 6.07 Å². The van der Waals surface area contributed by atoms with Crippen LogP contribution in [0.4, 0.5) is 0 Å². The largest absolute Gasteiger partial charge is 0.347 e. The Morgan fingerprint density at radius 2 is 2.36 bits per heavy atom. The van der Waals surface area contributed by atoms with Crippen LogP contribution in [0.2, 0.25) is 0 Å². The van der Waals surface area contributed by atoms with E-state index in [1.165, 1.54) is 4.90 Å². The summed E-state index contributed by atoms with van der Waals surface area (Å²) in [5.74, 6) is -0.0612. The number of aromatic nitrogens is 1. The molecule has 1 aromatic heterocycles. The Morgan fingerprint density at radius 3 is 2.86 bits per heavy atom. The van der Waals surface area contributed by atoms with E-state index in [1.54, 1.807) is 26.5 Å². The molecule has 0 aliphatic heterocycles. The van der Waals surface area contributed by atoms with E-state index in [2.05, 4.69) is 4.98 Å². The zero-order valence-corrected chi connectivity index (χ0v) is 8.47. The molecule has 0 aliphatic rings. The highest BCUT2D eigenvalue weighted by Crippen LogP contribution is 2.01. The smallest absolute Gasteiger partial charge is 0.239 e. The molecule has 1 aromatic rings. The number of likely N-dealkylation sites (N-methyl/N-ethyl adjacent to an activating group) is 1. The molecule has 4 nitrogen and oxygen atoms in total.